The second-order valence-electron chi connectivity index (χ2n) is 5.18. The van der Waals surface area contributed by atoms with E-state index in [1.165, 1.54) is 6.42 Å². The molecule has 0 aromatic rings. The van der Waals surface area contributed by atoms with Crippen molar-refractivity contribution in [2.75, 3.05) is 19.8 Å². The van der Waals surface area contributed by atoms with Crippen LogP contribution in [0.25, 0.3) is 0 Å². The molecule has 1 aliphatic rings. The summed E-state index contributed by atoms with van der Waals surface area (Å²) < 4.78 is 0. The van der Waals surface area contributed by atoms with E-state index < -0.39 is 0 Å². The van der Waals surface area contributed by atoms with Gasteiger partial charge in [0.2, 0.25) is 5.91 Å². The molecule has 1 saturated carbocycles. The largest absolute Gasteiger partial charge is 0.396 e. The van der Waals surface area contributed by atoms with E-state index in [1.54, 1.807) is 0 Å². The van der Waals surface area contributed by atoms with Gasteiger partial charge in [0.1, 0.15) is 0 Å². The zero-order chi connectivity index (χ0) is 12.6. The van der Waals surface area contributed by atoms with Gasteiger partial charge in [-0.25, -0.2) is 0 Å². The van der Waals surface area contributed by atoms with Crippen molar-refractivity contribution in [1.82, 2.24) is 5.32 Å². The molecule has 3 N–H and O–H groups in total. The number of hydrogen-bond acceptors (Lipinski definition) is 3. The molecule has 4 nitrogen and oxygen atoms in total. The topological polar surface area (TPSA) is 69.6 Å². The van der Waals surface area contributed by atoms with Crippen molar-refractivity contribution in [3.63, 3.8) is 0 Å². The number of rotatable bonds is 7. The zero-order valence-corrected chi connectivity index (χ0v) is 10.6. The molecular formula is C13H25NO3. The lowest BCUT2D eigenvalue weighted by atomic mass is 9.74. The summed E-state index contributed by atoms with van der Waals surface area (Å²) in [5.74, 6) is 0.0387. The number of carbonyl (C=O) groups excluding carboxylic acids is 1. The second kappa shape index (κ2) is 7.67. The monoisotopic (exact) mass is 243 g/mol. The summed E-state index contributed by atoms with van der Waals surface area (Å²) in [6.45, 7) is 0.916. The van der Waals surface area contributed by atoms with E-state index in [2.05, 4.69) is 5.32 Å². The van der Waals surface area contributed by atoms with Gasteiger partial charge in [-0.05, 0) is 25.7 Å². The molecule has 100 valence electrons. The molecule has 1 aliphatic carbocycles. The van der Waals surface area contributed by atoms with Crippen LogP contribution in [0.4, 0.5) is 0 Å². The first-order chi connectivity index (χ1) is 8.22. The van der Waals surface area contributed by atoms with Gasteiger partial charge in [-0.3, -0.25) is 4.79 Å². The van der Waals surface area contributed by atoms with Crippen LogP contribution in [0.1, 0.15) is 51.4 Å². The standard InChI is InChI=1S/C13H25NO3/c15-9-5-2-6-12(17)14-10-13(11-16)7-3-1-4-8-13/h15-16H,1-11H2,(H,14,17). The molecule has 17 heavy (non-hydrogen) atoms. The Hall–Kier alpha value is -0.610. The van der Waals surface area contributed by atoms with Gasteiger partial charge in [0.05, 0.1) is 6.61 Å². The average Bonchev–Trinajstić information content (AvgIpc) is 2.38. The molecule has 0 aliphatic heterocycles. The third-order valence-corrected chi connectivity index (χ3v) is 3.72. The maximum atomic E-state index is 11.5. The number of hydrogen-bond donors (Lipinski definition) is 3. The highest BCUT2D eigenvalue weighted by atomic mass is 16.3. The second-order valence-corrected chi connectivity index (χ2v) is 5.18. The van der Waals surface area contributed by atoms with Crippen molar-refractivity contribution >= 4 is 5.91 Å². The van der Waals surface area contributed by atoms with E-state index in [1.807, 2.05) is 0 Å². The van der Waals surface area contributed by atoms with Gasteiger partial charge in [-0.2, -0.15) is 0 Å². The van der Waals surface area contributed by atoms with E-state index in [0.29, 0.717) is 19.4 Å². The summed E-state index contributed by atoms with van der Waals surface area (Å²) in [6, 6.07) is 0. The van der Waals surface area contributed by atoms with Gasteiger partial charge < -0.3 is 15.5 Å². The summed E-state index contributed by atoms with van der Waals surface area (Å²) in [4.78, 5) is 11.5. The predicted octanol–water partition coefficient (Wildman–Crippen LogP) is 1.21. The van der Waals surface area contributed by atoms with Gasteiger partial charge in [-0.1, -0.05) is 19.3 Å². The molecule has 0 radical (unpaired) electrons. The minimum absolute atomic E-state index is 0.0387. The molecule has 0 unspecified atom stereocenters. The van der Waals surface area contributed by atoms with Gasteiger partial charge in [0.15, 0.2) is 0 Å². The SMILES string of the molecule is O=C(CCCCO)NCC1(CO)CCCCC1. The molecule has 0 spiro atoms. The van der Waals surface area contributed by atoms with Crippen LogP contribution in [-0.2, 0) is 4.79 Å². The number of amides is 1. The summed E-state index contributed by atoms with van der Waals surface area (Å²) in [6.07, 6.45) is 7.46. The Morgan fingerprint density at radius 2 is 1.82 bits per heavy atom. The average molecular weight is 243 g/mol. The molecule has 0 atom stereocenters. The quantitative estimate of drug-likeness (QED) is 0.589. The molecule has 4 heteroatoms. The molecule has 0 aromatic carbocycles. The van der Waals surface area contributed by atoms with Crippen molar-refractivity contribution in [2.45, 2.75) is 51.4 Å². The third kappa shape index (κ3) is 5.04. The molecule has 1 fully saturated rings. The lowest BCUT2D eigenvalue weighted by molar-refractivity contribution is -0.122. The van der Waals surface area contributed by atoms with Crippen molar-refractivity contribution in [1.29, 1.82) is 0 Å². The van der Waals surface area contributed by atoms with E-state index in [4.69, 9.17) is 5.11 Å². The van der Waals surface area contributed by atoms with Gasteiger partial charge in [0, 0.05) is 25.0 Å². The van der Waals surface area contributed by atoms with Crippen molar-refractivity contribution in [3.05, 3.63) is 0 Å². The highest BCUT2D eigenvalue weighted by Gasteiger charge is 2.31. The molecular weight excluding hydrogens is 218 g/mol. The van der Waals surface area contributed by atoms with Crippen LogP contribution in [-0.4, -0.2) is 35.9 Å². The highest BCUT2D eigenvalue weighted by Crippen LogP contribution is 2.35. The van der Waals surface area contributed by atoms with Crippen molar-refractivity contribution in [2.24, 2.45) is 5.41 Å². The lowest BCUT2D eigenvalue weighted by Gasteiger charge is -2.35. The Morgan fingerprint density at radius 1 is 1.12 bits per heavy atom. The minimum atomic E-state index is -0.0785. The molecule has 1 amide bonds. The lowest BCUT2D eigenvalue weighted by Crippen LogP contribution is -2.41. The fourth-order valence-electron chi connectivity index (χ4n) is 2.46. The zero-order valence-electron chi connectivity index (χ0n) is 10.6. The van der Waals surface area contributed by atoms with Gasteiger partial charge in [0.25, 0.3) is 0 Å². The number of aliphatic hydroxyl groups excluding tert-OH is 2. The van der Waals surface area contributed by atoms with E-state index in [0.717, 1.165) is 32.1 Å². The van der Waals surface area contributed by atoms with E-state index >= 15 is 0 Å². The maximum absolute atomic E-state index is 11.5. The smallest absolute Gasteiger partial charge is 0.220 e. The van der Waals surface area contributed by atoms with Crippen molar-refractivity contribution < 1.29 is 15.0 Å². The first-order valence-electron chi connectivity index (χ1n) is 6.71. The molecule has 0 bridgehead atoms. The molecule has 0 aromatic heterocycles. The summed E-state index contributed by atoms with van der Waals surface area (Å²) in [5.41, 5.74) is -0.0785. The number of aliphatic hydroxyl groups is 2. The van der Waals surface area contributed by atoms with Crippen LogP contribution in [0.15, 0.2) is 0 Å². The fourth-order valence-corrected chi connectivity index (χ4v) is 2.46. The molecule has 0 saturated heterocycles. The minimum Gasteiger partial charge on any atom is -0.396 e. The van der Waals surface area contributed by atoms with Crippen LogP contribution in [0.5, 0.6) is 0 Å². The van der Waals surface area contributed by atoms with Gasteiger partial charge >= 0.3 is 0 Å². The van der Waals surface area contributed by atoms with E-state index in [-0.39, 0.29) is 24.5 Å². The summed E-state index contributed by atoms with van der Waals surface area (Å²) >= 11 is 0. The van der Waals surface area contributed by atoms with Crippen molar-refractivity contribution in [3.8, 4) is 0 Å². The summed E-state index contributed by atoms with van der Waals surface area (Å²) in [5, 5.41) is 21.0. The third-order valence-electron chi connectivity index (χ3n) is 3.72. The fraction of sp³-hybridized carbons (Fsp3) is 0.923. The molecule has 1 rings (SSSR count). The highest BCUT2D eigenvalue weighted by molar-refractivity contribution is 5.75. The number of carbonyl (C=O) groups is 1. The van der Waals surface area contributed by atoms with Crippen LogP contribution in [0.3, 0.4) is 0 Å². The van der Waals surface area contributed by atoms with Crippen LogP contribution in [0, 0.1) is 5.41 Å². The Kier molecular flexibility index (Phi) is 6.52. The van der Waals surface area contributed by atoms with Crippen LogP contribution in [0.2, 0.25) is 0 Å². The number of nitrogens with one attached hydrogen (secondary N) is 1. The van der Waals surface area contributed by atoms with Crippen LogP contribution >= 0.6 is 0 Å². The first kappa shape index (κ1) is 14.5. The normalized spacial score (nSPS) is 18.9. The Bertz CT molecular complexity index is 225. The van der Waals surface area contributed by atoms with E-state index in [9.17, 15) is 9.90 Å². The Balaban J connectivity index is 2.24. The van der Waals surface area contributed by atoms with Crippen LogP contribution < -0.4 is 5.32 Å². The van der Waals surface area contributed by atoms with Gasteiger partial charge in [-0.15, -0.1) is 0 Å². The first-order valence-corrected chi connectivity index (χ1v) is 6.71. The number of unbranched alkanes of at least 4 members (excludes halogenated alkanes) is 1. The Labute approximate surface area is 103 Å². The summed E-state index contributed by atoms with van der Waals surface area (Å²) in [7, 11) is 0. The maximum Gasteiger partial charge on any atom is 0.220 e. The predicted molar refractivity (Wildman–Crippen MR) is 66.6 cm³/mol. The Morgan fingerprint density at radius 3 is 2.41 bits per heavy atom. The molecule has 0 heterocycles.